The van der Waals surface area contributed by atoms with Gasteiger partial charge >= 0.3 is 0 Å². The van der Waals surface area contributed by atoms with E-state index in [2.05, 4.69) is 17.0 Å². The smallest absolute Gasteiger partial charge is 0.293 e. The van der Waals surface area contributed by atoms with Crippen LogP contribution in [-0.4, -0.2) is 45.2 Å². The van der Waals surface area contributed by atoms with Crippen LogP contribution in [0.4, 0.5) is 0 Å². The van der Waals surface area contributed by atoms with Crippen molar-refractivity contribution in [1.82, 2.24) is 19.7 Å². The number of likely N-dealkylation sites (tertiary alicyclic amines) is 1. The molecular weight excluding hydrogens is 361 g/mol. The second kappa shape index (κ2) is 8.65. The first-order valence-electron chi connectivity index (χ1n) is 8.34. The predicted molar refractivity (Wildman–Crippen MR) is 101 cm³/mol. The average Bonchev–Trinajstić information content (AvgIpc) is 3.22. The molecule has 1 amide bonds. The lowest BCUT2D eigenvalue weighted by molar-refractivity contribution is 0.0775. The Morgan fingerprint density at radius 1 is 1.40 bits per heavy atom. The number of benzene rings is 1. The highest BCUT2D eigenvalue weighted by Crippen LogP contribution is 2.22. The van der Waals surface area contributed by atoms with Gasteiger partial charge in [0.15, 0.2) is 0 Å². The Morgan fingerprint density at radius 2 is 2.16 bits per heavy atom. The zero-order valence-corrected chi connectivity index (χ0v) is 15.8. The van der Waals surface area contributed by atoms with Gasteiger partial charge < -0.3 is 10.6 Å². The van der Waals surface area contributed by atoms with E-state index in [1.807, 2.05) is 24.3 Å². The number of carbonyl (C=O) groups excluding carboxylic acids is 1. The third kappa shape index (κ3) is 4.14. The number of para-hydroxylation sites is 1. The topological polar surface area (TPSA) is 77.0 Å². The molecule has 1 aliphatic rings. The lowest BCUT2D eigenvalue weighted by Crippen LogP contribution is -2.30. The number of nitrogens with two attached hydrogens (primary N) is 1. The van der Waals surface area contributed by atoms with E-state index in [9.17, 15) is 4.79 Å². The minimum absolute atomic E-state index is 0. The summed E-state index contributed by atoms with van der Waals surface area (Å²) >= 11 is 6.29. The molecule has 6 nitrogen and oxygen atoms in total. The van der Waals surface area contributed by atoms with Gasteiger partial charge in [-0.3, -0.25) is 4.79 Å². The number of carbonyl (C=O) groups is 1. The van der Waals surface area contributed by atoms with Gasteiger partial charge in [0.25, 0.3) is 5.91 Å². The van der Waals surface area contributed by atoms with Crippen LogP contribution >= 0.6 is 24.0 Å². The fourth-order valence-electron chi connectivity index (χ4n) is 2.99. The molecule has 1 fully saturated rings. The number of nitrogens with zero attached hydrogens (tertiary/aromatic N) is 4. The van der Waals surface area contributed by atoms with Gasteiger partial charge in [0, 0.05) is 19.5 Å². The second-order valence-corrected chi connectivity index (χ2v) is 6.51. The van der Waals surface area contributed by atoms with Crippen molar-refractivity contribution in [3.05, 3.63) is 40.9 Å². The number of hydrogen-bond acceptors (Lipinski definition) is 4. The van der Waals surface area contributed by atoms with Gasteiger partial charge in [0.1, 0.15) is 5.82 Å². The summed E-state index contributed by atoms with van der Waals surface area (Å²) in [6.45, 7) is 4.06. The highest BCUT2D eigenvalue weighted by Gasteiger charge is 2.29. The summed E-state index contributed by atoms with van der Waals surface area (Å²) in [4.78, 5) is 19.0. The highest BCUT2D eigenvalue weighted by molar-refractivity contribution is 6.32. The Bertz CT molecular complexity index is 734. The van der Waals surface area contributed by atoms with Crippen LogP contribution < -0.4 is 5.73 Å². The summed E-state index contributed by atoms with van der Waals surface area (Å²) in [6, 6.07) is 7.45. The van der Waals surface area contributed by atoms with Gasteiger partial charge in [0.2, 0.25) is 5.82 Å². The first kappa shape index (κ1) is 19.7. The van der Waals surface area contributed by atoms with Crippen molar-refractivity contribution in [1.29, 1.82) is 0 Å². The van der Waals surface area contributed by atoms with Gasteiger partial charge in [-0.2, -0.15) is 0 Å². The Kier molecular flexibility index (Phi) is 6.81. The molecule has 1 saturated heterocycles. The lowest BCUT2D eigenvalue weighted by Gasteiger charge is -2.13. The van der Waals surface area contributed by atoms with E-state index in [1.165, 1.54) is 0 Å². The molecule has 1 aliphatic heterocycles. The molecule has 0 spiro atoms. The standard InChI is InChI=1S/C17H22ClN5O.ClH/c1-2-5-15-20-16(17(24)22-9-8-12(10-19)11-22)21-23(15)14-7-4-3-6-13(14)18;/h3-4,6-7,12H,2,5,8-11,19H2,1H3;1H. The monoisotopic (exact) mass is 383 g/mol. The molecule has 8 heteroatoms. The van der Waals surface area contributed by atoms with Gasteiger partial charge in [-0.05, 0) is 37.4 Å². The van der Waals surface area contributed by atoms with Crippen molar-refractivity contribution in [2.75, 3.05) is 19.6 Å². The fourth-order valence-corrected chi connectivity index (χ4v) is 3.20. The summed E-state index contributed by atoms with van der Waals surface area (Å²) < 4.78 is 1.69. The maximum absolute atomic E-state index is 12.7. The number of halogens is 2. The van der Waals surface area contributed by atoms with Crippen LogP contribution in [0.3, 0.4) is 0 Å². The Balaban J connectivity index is 0.00000225. The minimum atomic E-state index is -0.130. The molecule has 0 aliphatic carbocycles. The normalized spacial score (nSPS) is 16.8. The number of aryl methyl sites for hydroxylation is 1. The van der Waals surface area contributed by atoms with E-state index in [1.54, 1.807) is 9.58 Å². The Morgan fingerprint density at radius 3 is 2.80 bits per heavy atom. The van der Waals surface area contributed by atoms with Crippen LogP contribution in [0.5, 0.6) is 0 Å². The maximum atomic E-state index is 12.7. The molecule has 1 aromatic carbocycles. The molecule has 0 bridgehead atoms. The molecule has 2 heterocycles. The Labute approximate surface area is 158 Å². The zero-order chi connectivity index (χ0) is 17.1. The minimum Gasteiger partial charge on any atom is -0.336 e. The van der Waals surface area contributed by atoms with Crippen molar-refractivity contribution in [3.63, 3.8) is 0 Å². The van der Waals surface area contributed by atoms with Crippen LogP contribution in [0.25, 0.3) is 5.69 Å². The van der Waals surface area contributed by atoms with E-state index >= 15 is 0 Å². The second-order valence-electron chi connectivity index (χ2n) is 6.11. The van der Waals surface area contributed by atoms with Crippen molar-refractivity contribution < 1.29 is 4.79 Å². The van der Waals surface area contributed by atoms with E-state index < -0.39 is 0 Å². The van der Waals surface area contributed by atoms with Crippen LogP contribution in [0, 0.1) is 5.92 Å². The van der Waals surface area contributed by atoms with Crippen molar-refractivity contribution in [2.45, 2.75) is 26.2 Å². The molecule has 1 unspecified atom stereocenters. The van der Waals surface area contributed by atoms with Crippen molar-refractivity contribution >= 4 is 29.9 Å². The van der Waals surface area contributed by atoms with Crippen molar-refractivity contribution in [3.8, 4) is 5.69 Å². The predicted octanol–water partition coefficient (Wildman–Crippen LogP) is 2.72. The molecular formula is C17H23Cl2N5O. The number of amides is 1. The maximum Gasteiger partial charge on any atom is 0.293 e. The van der Waals surface area contributed by atoms with Crippen LogP contribution in [0.1, 0.15) is 36.2 Å². The van der Waals surface area contributed by atoms with Gasteiger partial charge in [0.05, 0.1) is 10.7 Å². The number of aromatic nitrogens is 3. The summed E-state index contributed by atoms with van der Waals surface area (Å²) in [7, 11) is 0. The third-order valence-corrected chi connectivity index (χ3v) is 4.65. The average molecular weight is 384 g/mol. The molecule has 2 N–H and O–H groups in total. The first-order chi connectivity index (χ1) is 11.6. The van der Waals surface area contributed by atoms with Gasteiger partial charge in [-0.15, -0.1) is 17.5 Å². The molecule has 2 aromatic rings. The third-order valence-electron chi connectivity index (χ3n) is 4.33. The Hall–Kier alpha value is -1.63. The quantitative estimate of drug-likeness (QED) is 0.860. The van der Waals surface area contributed by atoms with Crippen LogP contribution in [0.2, 0.25) is 5.02 Å². The zero-order valence-electron chi connectivity index (χ0n) is 14.2. The first-order valence-corrected chi connectivity index (χ1v) is 8.72. The molecule has 1 aromatic heterocycles. The SMILES string of the molecule is CCCc1nc(C(=O)N2CCC(CN)C2)nn1-c1ccccc1Cl.Cl. The van der Waals surface area contributed by atoms with Crippen LogP contribution in [0.15, 0.2) is 24.3 Å². The van der Waals surface area contributed by atoms with E-state index in [-0.39, 0.29) is 24.1 Å². The van der Waals surface area contributed by atoms with Gasteiger partial charge in [-0.25, -0.2) is 9.67 Å². The molecule has 25 heavy (non-hydrogen) atoms. The fraction of sp³-hybridized carbons (Fsp3) is 0.471. The number of rotatable bonds is 5. The molecule has 136 valence electrons. The summed E-state index contributed by atoms with van der Waals surface area (Å²) in [5.41, 5.74) is 6.45. The molecule has 1 atom stereocenters. The van der Waals surface area contributed by atoms with E-state index in [0.29, 0.717) is 30.6 Å². The van der Waals surface area contributed by atoms with Crippen LogP contribution in [-0.2, 0) is 6.42 Å². The van der Waals surface area contributed by atoms with Gasteiger partial charge in [-0.1, -0.05) is 30.7 Å². The van der Waals surface area contributed by atoms with E-state index in [0.717, 1.165) is 30.8 Å². The summed E-state index contributed by atoms with van der Waals surface area (Å²) in [5, 5.41) is 5.04. The molecule has 0 saturated carbocycles. The largest absolute Gasteiger partial charge is 0.336 e. The molecule has 3 rings (SSSR count). The molecule has 0 radical (unpaired) electrons. The summed E-state index contributed by atoms with van der Waals surface area (Å²) in [6.07, 6.45) is 2.59. The number of hydrogen-bond donors (Lipinski definition) is 1. The lowest BCUT2D eigenvalue weighted by atomic mass is 10.1. The van der Waals surface area contributed by atoms with E-state index in [4.69, 9.17) is 17.3 Å². The van der Waals surface area contributed by atoms with Crippen molar-refractivity contribution in [2.24, 2.45) is 11.7 Å². The summed E-state index contributed by atoms with van der Waals surface area (Å²) in [5.74, 6) is 1.23. The highest BCUT2D eigenvalue weighted by atomic mass is 35.5.